The van der Waals surface area contributed by atoms with Gasteiger partial charge in [0.05, 0.1) is 0 Å². The molecule has 0 bridgehead atoms. The molecular weight excluding hydrogens is 228 g/mol. The van der Waals surface area contributed by atoms with Gasteiger partial charge in [0.25, 0.3) is 0 Å². The van der Waals surface area contributed by atoms with Crippen LogP contribution >= 0.6 is 11.8 Å². The van der Waals surface area contributed by atoms with Crippen LogP contribution in [0.25, 0.3) is 0 Å². The molecule has 2 rings (SSSR count). The van der Waals surface area contributed by atoms with Crippen LogP contribution in [-0.4, -0.2) is 17.5 Å². The van der Waals surface area contributed by atoms with Gasteiger partial charge in [-0.3, -0.25) is 0 Å². The van der Waals surface area contributed by atoms with E-state index in [4.69, 9.17) is 0 Å². The minimum absolute atomic E-state index is 0.139. The number of nitrogens with one attached hydrogen (secondary N) is 1. The highest BCUT2D eigenvalue weighted by Gasteiger charge is 2.20. The number of benzene rings is 1. The van der Waals surface area contributed by atoms with Gasteiger partial charge < -0.3 is 5.32 Å². The molecule has 0 aromatic heterocycles. The van der Waals surface area contributed by atoms with Gasteiger partial charge in [-0.05, 0) is 25.2 Å². The molecule has 1 fully saturated rings. The number of rotatable bonds is 3. The fraction of sp³-hybridized carbons (Fsp3) is 0.500. The second-order valence-corrected chi connectivity index (χ2v) is 5.24. The third-order valence-electron chi connectivity index (χ3n) is 2.86. The van der Waals surface area contributed by atoms with Gasteiger partial charge in [0, 0.05) is 23.4 Å². The van der Waals surface area contributed by atoms with E-state index in [0.717, 1.165) is 24.0 Å². The van der Waals surface area contributed by atoms with Crippen LogP contribution in [0.15, 0.2) is 18.2 Å². The molecule has 1 N–H and O–H groups in total. The molecular formula is C12H15F2NS. The zero-order valence-electron chi connectivity index (χ0n) is 9.17. The van der Waals surface area contributed by atoms with Crippen molar-refractivity contribution in [3.63, 3.8) is 0 Å². The maximum atomic E-state index is 13.5. The van der Waals surface area contributed by atoms with Gasteiger partial charge >= 0.3 is 0 Å². The third-order valence-corrected chi connectivity index (χ3v) is 4.03. The monoisotopic (exact) mass is 243 g/mol. The van der Waals surface area contributed by atoms with Gasteiger partial charge in [0.15, 0.2) is 11.6 Å². The van der Waals surface area contributed by atoms with E-state index in [-0.39, 0.29) is 6.04 Å². The predicted octanol–water partition coefficient (Wildman–Crippen LogP) is 3.12. The maximum Gasteiger partial charge on any atom is 0.163 e. The molecule has 1 aliphatic rings. The van der Waals surface area contributed by atoms with Crippen molar-refractivity contribution in [2.45, 2.75) is 25.4 Å². The Morgan fingerprint density at radius 3 is 2.94 bits per heavy atom. The molecule has 1 aromatic rings. The van der Waals surface area contributed by atoms with Crippen molar-refractivity contribution in [3.05, 3.63) is 35.4 Å². The van der Waals surface area contributed by atoms with Gasteiger partial charge in [-0.15, -0.1) is 0 Å². The molecule has 1 aromatic carbocycles. The van der Waals surface area contributed by atoms with E-state index in [9.17, 15) is 8.78 Å². The maximum absolute atomic E-state index is 13.5. The summed E-state index contributed by atoms with van der Waals surface area (Å²) < 4.78 is 26.6. The number of thioether (sulfide) groups is 1. The zero-order valence-corrected chi connectivity index (χ0v) is 9.99. The summed E-state index contributed by atoms with van der Waals surface area (Å²) in [4.78, 5) is 0. The smallest absolute Gasteiger partial charge is 0.163 e. The normalized spacial score (nSPS) is 22.3. The molecule has 0 saturated carbocycles. The van der Waals surface area contributed by atoms with Crippen molar-refractivity contribution in [1.82, 2.24) is 5.32 Å². The van der Waals surface area contributed by atoms with Gasteiger partial charge in [-0.1, -0.05) is 12.1 Å². The highest BCUT2D eigenvalue weighted by Crippen LogP contribution is 2.23. The predicted molar refractivity (Wildman–Crippen MR) is 63.6 cm³/mol. The molecule has 1 saturated heterocycles. The molecule has 2 unspecified atom stereocenters. The van der Waals surface area contributed by atoms with Crippen molar-refractivity contribution in [2.75, 3.05) is 11.5 Å². The Morgan fingerprint density at radius 1 is 1.44 bits per heavy atom. The summed E-state index contributed by atoms with van der Waals surface area (Å²) in [6.07, 6.45) is 1.10. The van der Waals surface area contributed by atoms with Crippen molar-refractivity contribution in [3.8, 4) is 0 Å². The van der Waals surface area contributed by atoms with Crippen LogP contribution in [0.1, 0.15) is 24.9 Å². The molecule has 0 spiro atoms. The van der Waals surface area contributed by atoms with Crippen LogP contribution < -0.4 is 5.32 Å². The summed E-state index contributed by atoms with van der Waals surface area (Å²) in [6, 6.07) is 4.62. The average Bonchev–Trinajstić information content (AvgIpc) is 2.74. The van der Waals surface area contributed by atoms with Crippen LogP contribution in [0.4, 0.5) is 8.78 Å². The Balaban J connectivity index is 2.07. The van der Waals surface area contributed by atoms with Crippen molar-refractivity contribution in [2.24, 2.45) is 0 Å². The van der Waals surface area contributed by atoms with Crippen LogP contribution in [0.2, 0.25) is 0 Å². The topological polar surface area (TPSA) is 12.0 Å². The molecule has 4 heteroatoms. The Kier molecular flexibility index (Phi) is 3.82. The first kappa shape index (κ1) is 11.9. The Hall–Kier alpha value is -0.610. The molecule has 0 radical (unpaired) electrons. The van der Waals surface area contributed by atoms with Gasteiger partial charge in [-0.2, -0.15) is 11.8 Å². The first-order valence-corrected chi connectivity index (χ1v) is 6.61. The zero-order chi connectivity index (χ0) is 11.5. The lowest BCUT2D eigenvalue weighted by Gasteiger charge is -2.19. The fourth-order valence-electron chi connectivity index (χ4n) is 1.96. The SMILES string of the molecule is CC(NC1CCSC1)c1cccc(F)c1F. The van der Waals surface area contributed by atoms with E-state index in [1.54, 1.807) is 12.1 Å². The standard InChI is InChI=1S/C12H15F2NS/c1-8(15-9-5-6-16-7-9)10-3-2-4-11(13)12(10)14/h2-4,8-9,15H,5-7H2,1H3. The summed E-state index contributed by atoms with van der Waals surface area (Å²) in [5, 5.41) is 3.34. The van der Waals surface area contributed by atoms with Crippen LogP contribution in [0.3, 0.4) is 0 Å². The lowest BCUT2D eigenvalue weighted by Crippen LogP contribution is -2.31. The van der Waals surface area contributed by atoms with E-state index in [1.807, 2.05) is 18.7 Å². The molecule has 1 heterocycles. The summed E-state index contributed by atoms with van der Waals surface area (Å²) in [6.45, 7) is 1.88. The van der Waals surface area contributed by atoms with E-state index in [2.05, 4.69) is 5.32 Å². The summed E-state index contributed by atoms with van der Waals surface area (Å²) in [5.74, 6) is 0.706. The van der Waals surface area contributed by atoms with Crippen molar-refractivity contribution in [1.29, 1.82) is 0 Å². The van der Waals surface area contributed by atoms with E-state index >= 15 is 0 Å². The molecule has 88 valence electrons. The fourth-order valence-corrected chi connectivity index (χ4v) is 3.13. The molecule has 1 nitrogen and oxygen atoms in total. The number of halogens is 2. The van der Waals surface area contributed by atoms with E-state index in [1.165, 1.54) is 0 Å². The quantitative estimate of drug-likeness (QED) is 0.875. The highest BCUT2D eigenvalue weighted by atomic mass is 32.2. The highest BCUT2D eigenvalue weighted by molar-refractivity contribution is 7.99. The summed E-state index contributed by atoms with van der Waals surface area (Å²) in [7, 11) is 0. The molecule has 2 atom stereocenters. The second kappa shape index (κ2) is 5.15. The van der Waals surface area contributed by atoms with E-state index in [0.29, 0.717) is 11.6 Å². The lowest BCUT2D eigenvalue weighted by molar-refractivity contribution is 0.446. The summed E-state index contributed by atoms with van der Waals surface area (Å²) >= 11 is 1.90. The van der Waals surface area contributed by atoms with Gasteiger partial charge in [0.2, 0.25) is 0 Å². The van der Waals surface area contributed by atoms with Crippen LogP contribution in [0.5, 0.6) is 0 Å². The minimum Gasteiger partial charge on any atom is -0.306 e. The van der Waals surface area contributed by atoms with Crippen LogP contribution in [0, 0.1) is 11.6 Å². The molecule has 0 amide bonds. The number of hydrogen-bond donors (Lipinski definition) is 1. The van der Waals surface area contributed by atoms with E-state index < -0.39 is 11.6 Å². The Labute approximate surface area is 98.6 Å². The second-order valence-electron chi connectivity index (χ2n) is 4.09. The van der Waals surface area contributed by atoms with Crippen LogP contribution in [-0.2, 0) is 0 Å². The molecule has 0 aliphatic carbocycles. The average molecular weight is 243 g/mol. The van der Waals surface area contributed by atoms with Crippen molar-refractivity contribution < 1.29 is 8.78 Å². The largest absolute Gasteiger partial charge is 0.306 e. The molecule has 16 heavy (non-hydrogen) atoms. The third kappa shape index (κ3) is 2.55. The number of hydrogen-bond acceptors (Lipinski definition) is 2. The molecule has 1 aliphatic heterocycles. The summed E-state index contributed by atoms with van der Waals surface area (Å²) in [5.41, 5.74) is 0.414. The Morgan fingerprint density at radius 2 is 2.25 bits per heavy atom. The first-order valence-electron chi connectivity index (χ1n) is 5.46. The Bertz CT molecular complexity index is 364. The first-order chi connectivity index (χ1) is 7.68. The van der Waals surface area contributed by atoms with Gasteiger partial charge in [-0.25, -0.2) is 8.78 Å². The minimum atomic E-state index is -0.771. The van der Waals surface area contributed by atoms with Crippen molar-refractivity contribution >= 4 is 11.8 Å². The lowest BCUT2D eigenvalue weighted by atomic mass is 10.1. The van der Waals surface area contributed by atoms with Gasteiger partial charge in [0.1, 0.15) is 0 Å².